The van der Waals surface area contributed by atoms with Crippen molar-refractivity contribution in [3.05, 3.63) is 0 Å². The van der Waals surface area contributed by atoms with Gasteiger partial charge in [0.1, 0.15) is 0 Å². The molecule has 24 aliphatic carbocycles. The summed E-state index contributed by atoms with van der Waals surface area (Å²) < 4.78 is 0. The molecule has 95 heavy (non-hydrogen) atoms. The zero-order chi connectivity index (χ0) is 64.3. The van der Waals surface area contributed by atoms with Crippen LogP contribution in [0.1, 0.15) is 469 Å². The number of hydrogen-bond donors (Lipinski definition) is 0. The molecule has 24 rings (SSSR count). The maximum atomic E-state index is 1.62. The molecule has 0 aromatic rings. The van der Waals surface area contributed by atoms with E-state index in [0.29, 0.717) is 0 Å². The fourth-order valence-corrected chi connectivity index (χ4v) is 27.2. The van der Waals surface area contributed by atoms with Crippen molar-refractivity contribution in [2.45, 2.75) is 469 Å². The van der Waals surface area contributed by atoms with E-state index in [0.717, 1.165) is 107 Å². The highest BCUT2D eigenvalue weighted by Gasteiger charge is 2.57. The summed E-state index contributed by atoms with van der Waals surface area (Å²) in [6.07, 6.45) is 113. The van der Waals surface area contributed by atoms with Gasteiger partial charge in [-0.1, -0.05) is 417 Å². The van der Waals surface area contributed by atoms with Gasteiger partial charge in [0.15, 0.2) is 0 Å². The van der Waals surface area contributed by atoms with Gasteiger partial charge >= 0.3 is 0 Å². The second kappa shape index (κ2) is 42.1. The minimum atomic E-state index is 1.11. The molecule has 0 aliphatic heterocycles. The van der Waals surface area contributed by atoms with Crippen LogP contribution >= 0.6 is 0 Å². The second-order valence-corrected chi connectivity index (χ2v) is 40.4. The Morgan fingerprint density at radius 3 is 0.400 bits per heavy atom. The Bertz CT molecular complexity index is 1750. The van der Waals surface area contributed by atoms with Crippen molar-refractivity contribution in [3.63, 3.8) is 0 Å². The molecule has 0 saturated heterocycles. The standard InChI is InChI=1S/C12H22.C11H20.3C10H18.2C9H16.C8H12.2C8H14/c1-2-6-12-9-3-7-11(5-1)8-4-10-12;1-2-5-11-7-3-6-10(4-1)8-9-11;1-3-9-5-2-6-10(4-1)8-7-9;1-2-5-10-7-3-6-9(4-1)8-10;1-2-4-10-7-5-9(3-1)6-8-10;1-3-8-5-2-6-9(4-1)7-8;1-2-4-9-6-5-8(3-1)7-9;1-2-6-3-5(1)7-4-8(6)7;1-2-8-5-3-7(1)4-6-8;1-2-7-4-5-8(3-1)6-7/h11-12H,1-10H2;10-11H,1-9H2;3*9-10H,1-8H2;2*8-9H,1-7H2;5-8H,1-4H2;2*7-8H,1-6H2. The van der Waals surface area contributed by atoms with Crippen molar-refractivity contribution in [1.29, 1.82) is 0 Å². The molecule has 0 amide bonds. The average Bonchev–Trinajstić information content (AvgIpc) is 1.59. The lowest BCUT2D eigenvalue weighted by Gasteiger charge is -2.35. The van der Waals surface area contributed by atoms with Gasteiger partial charge in [0.05, 0.1) is 0 Å². The molecule has 0 nitrogen and oxygen atoms in total. The van der Waals surface area contributed by atoms with Crippen LogP contribution in [0.5, 0.6) is 0 Å². The average molecular weight is 1310 g/mol. The van der Waals surface area contributed by atoms with Gasteiger partial charge in [0, 0.05) is 0 Å². The Morgan fingerprint density at radius 2 is 0.211 bits per heavy atom. The normalized spacial score (nSPS) is 43.5. The van der Waals surface area contributed by atoms with Gasteiger partial charge in [-0.25, -0.2) is 0 Å². The Balaban J connectivity index is 0.000000101. The summed E-state index contributed by atoms with van der Waals surface area (Å²) in [5, 5.41) is 0. The van der Waals surface area contributed by atoms with E-state index in [2.05, 4.69) is 0 Å². The van der Waals surface area contributed by atoms with E-state index in [1.54, 1.807) is 347 Å². The molecule has 0 spiro atoms. The van der Waals surface area contributed by atoms with Crippen molar-refractivity contribution in [2.75, 3.05) is 0 Å². The molecule has 24 fully saturated rings. The summed E-state index contributed by atoms with van der Waals surface area (Å²) in [5.74, 6) is 25.4. The fraction of sp³-hybridized carbons (Fsp3) is 1.00. The first-order chi connectivity index (χ1) is 47.0. The molecule has 24 saturated carbocycles. The first-order valence-corrected chi connectivity index (χ1v) is 47.0. The predicted molar refractivity (Wildman–Crippen MR) is 414 cm³/mol. The van der Waals surface area contributed by atoms with E-state index in [9.17, 15) is 0 Å². The molecule has 0 aromatic heterocycles. The Morgan fingerprint density at radius 1 is 0.0842 bits per heavy atom. The lowest BCUT2D eigenvalue weighted by Crippen LogP contribution is -2.21. The number of hydrogen-bond acceptors (Lipinski definition) is 0. The van der Waals surface area contributed by atoms with Gasteiger partial charge in [-0.05, 0) is 182 Å². The molecule has 0 heteroatoms. The van der Waals surface area contributed by atoms with Crippen LogP contribution in [-0.4, -0.2) is 0 Å². The molecule has 12 unspecified atom stereocenters. The smallest absolute Gasteiger partial charge is 0.0352 e. The van der Waals surface area contributed by atoms with Gasteiger partial charge in [0.2, 0.25) is 0 Å². The van der Waals surface area contributed by atoms with Gasteiger partial charge in [-0.3, -0.25) is 0 Å². The minimum Gasteiger partial charge on any atom is -0.0530 e. The summed E-state index contributed by atoms with van der Waals surface area (Å²) in [6, 6.07) is 0. The van der Waals surface area contributed by atoms with Crippen molar-refractivity contribution in [1.82, 2.24) is 0 Å². The monoisotopic (exact) mass is 1310 g/mol. The maximum Gasteiger partial charge on any atom is -0.0352 e. The maximum absolute atomic E-state index is 1.62. The lowest BCUT2D eigenvalue weighted by molar-refractivity contribution is 0.176. The molecule has 0 radical (unpaired) electrons. The molecule has 0 N–H and O–H groups in total. The number of rotatable bonds is 0. The lowest BCUT2D eigenvalue weighted by atomic mass is 9.71. The van der Waals surface area contributed by atoms with E-state index < -0.39 is 0 Å². The van der Waals surface area contributed by atoms with Crippen LogP contribution in [-0.2, 0) is 0 Å². The summed E-state index contributed by atoms with van der Waals surface area (Å²) >= 11 is 0. The van der Waals surface area contributed by atoms with E-state index >= 15 is 0 Å². The second-order valence-electron chi connectivity index (χ2n) is 40.4. The van der Waals surface area contributed by atoms with Gasteiger partial charge in [-0.2, -0.15) is 0 Å². The van der Waals surface area contributed by atoms with Crippen LogP contribution in [0.3, 0.4) is 0 Å². The van der Waals surface area contributed by atoms with Gasteiger partial charge in [-0.15, -0.1) is 0 Å². The molecule has 12 atom stereocenters. The third-order valence-electron chi connectivity index (χ3n) is 33.5. The van der Waals surface area contributed by atoms with Crippen LogP contribution in [0.2, 0.25) is 0 Å². The van der Waals surface area contributed by atoms with Crippen LogP contribution in [0.4, 0.5) is 0 Å². The molecule has 0 heterocycles. The van der Waals surface area contributed by atoms with Crippen molar-refractivity contribution in [3.8, 4) is 0 Å². The third kappa shape index (κ3) is 26.6. The third-order valence-corrected chi connectivity index (χ3v) is 33.5. The van der Waals surface area contributed by atoms with E-state index in [1.165, 1.54) is 146 Å². The number of fused-ring (bicyclic) bond motifs is 34. The van der Waals surface area contributed by atoms with Crippen LogP contribution in [0.25, 0.3) is 0 Å². The first-order valence-electron chi connectivity index (χ1n) is 47.0. The van der Waals surface area contributed by atoms with E-state index in [4.69, 9.17) is 0 Å². The Hall–Kier alpha value is 0. The highest BCUT2D eigenvalue weighted by atomic mass is 14.6. The largest absolute Gasteiger partial charge is 0.0530 e. The summed E-state index contributed by atoms with van der Waals surface area (Å²) in [6.45, 7) is 0. The Kier molecular flexibility index (Phi) is 33.1. The Labute approximate surface area is 595 Å². The highest BCUT2D eigenvalue weighted by Crippen LogP contribution is 2.65. The van der Waals surface area contributed by atoms with Crippen molar-refractivity contribution < 1.29 is 0 Å². The molecule has 20 bridgehead atoms. The van der Waals surface area contributed by atoms with Gasteiger partial charge in [0.25, 0.3) is 0 Å². The fourth-order valence-electron chi connectivity index (χ4n) is 27.2. The van der Waals surface area contributed by atoms with Crippen LogP contribution in [0, 0.1) is 130 Å². The van der Waals surface area contributed by atoms with Crippen molar-refractivity contribution >= 4 is 0 Å². The zero-order valence-electron chi connectivity index (χ0n) is 64.3. The quantitative estimate of drug-likeness (QED) is 0.227. The molecule has 0 aromatic carbocycles. The van der Waals surface area contributed by atoms with Gasteiger partial charge < -0.3 is 0 Å². The summed E-state index contributed by atoms with van der Waals surface area (Å²) in [5.41, 5.74) is 0. The topological polar surface area (TPSA) is 0 Å². The van der Waals surface area contributed by atoms with E-state index in [-0.39, 0.29) is 0 Å². The molecular formula is C95H168. The van der Waals surface area contributed by atoms with Crippen molar-refractivity contribution in [2.24, 2.45) is 130 Å². The summed E-state index contributed by atoms with van der Waals surface area (Å²) in [4.78, 5) is 0. The van der Waals surface area contributed by atoms with E-state index in [1.807, 2.05) is 0 Å². The van der Waals surface area contributed by atoms with Crippen LogP contribution < -0.4 is 0 Å². The first kappa shape index (κ1) is 74.7. The summed E-state index contributed by atoms with van der Waals surface area (Å²) in [7, 11) is 0. The zero-order valence-corrected chi connectivity index (χ0v) is 64.3. The predicted octanol–water partition coefficient (Wildman–Crippen LogP) is 31.2. The molecular weight excluding hydrogens is 1140 g/mol. The highest BCUT2D eigenvalue weighted by molar-refractivity contribution is 5.06. The molecule has 548 valence electrons. The SMILES string of the molecule is C1CC2CC1C1CC21.C1CC2CCC(C1)C2.C1CC2CCC1CC2.C1CC2CCCC(C1)C2.C1CC2CCCC(C1)CC2.C1CCC2CCC(C1)C2.C1CCC2CCC(C1)CC2.C1CCC2CCCC(C1)C2.C1CCC2CCCC(C1)CC2.C1CCC2CCCC(C1)CCC2. The van der Waals surface area contributed by atoms with Crippen LogP contribution in [0.15, 0.2) is 0 Å². The molecule has 24 aliphatic rings. The minimum absolute atomic E-state index is 1.11.